The standard InChI is InChI=1S/C12H15N5/c1-2-5-10(4-1)16-11-6-3-7-14-12(11)17-9-13-8-15-17/h3,6-10,16H,1-2,4-5H2. The molecule has 0 unspecified atom stereocenters. The summed E-state index contributed by atoms with van der Waals surface area (Å²) in [6.45, 7) is 0. The molecule has 0 aliphatic heterocycles. The quantitative estimate of drug-likeness (QED) is 0.874. The SMILES string of the molecule is c1cnc(-n2cncn2)c(NC2CCCC2)c1. The third kappa shape index (κ3) is 2.13. The molecule has 0 radical (unpaired) electrons. The van der Waals surface area contributed by atoms with Gasteiger partial charge in [-0.05, 0) is 25.0 Å². The normalized spacial score (nSPS) is 16.2. The van der Waals surface area contributed by atoms with Crippen LogP contribution in [0.4, 0.5) is 5.69 Å². The van der Waals surface area contributed by atoms with Crippen molar-refractivity contribution >= 4 is 5.69 Å². The van der Waals surface area contributed by atoms with Crippen molar-refractivity contribution in [3.63, 3.8) is 0 Å². The van der Waals surface area contributed by atoms with Gasteiger partial charge in [-0.1, -0.05) is 12.8 Å². The fraction of sp³-hybridized carbons (Fsp3) is 0.417. The molecule has 5 nitrogen and oxygen atoms in total. The van der Waals surface area contributed by atoms with Gasteiger partial charge in [-0.3, -0.25) is 0 Å². The lowest BCUT2D eigenvalue weighted by Crippen LogP contribution is -2.16. The summed E-state index contributed by atoms with van der Waals surface area (Å²) in [5.41, 5.74) is 1.03. The van der Waals surface area contributed by atoms with Gasteiger partial charge in [-0.15, -0.1) is 0 Å². The minimum atomic E-state index is 0.571. The highest BCUT2D eigenvalue weighted by Crippen LogP contribution is 2.24. The molecule has 1 N–H and O–H groups in total. The number of hydrogen-bond donors (Lipinski definition) is 1. The first-order valence-corrected chi connectivity index (χ1v) is 6.00. The molecule has 5 heteroatoms. The fourth-order valence-corrected chi connectivity index (χ4v) is 2.30. The minimum Gasteiger partial charge on any atom is -0.379 e. The lowest BCUT2D eigenvalue weighted by Gasteiger charge is -2.15. The smallest absolute Gasteiger partial charge is 0.178 e. The van der Waals surface area contributed by atoms with Crippen molar-refractivity contribution in [1.82, 2.24) is 19.7 Å². The maximum atomic E-state index is 4.36. The van der Waals surface area contributed by atoms with E-state index >= 15 is 0 Å². The van der Waals surface area contributed by atoms with Gasteiger partial charge in [0.1, 0.15) is 12.7 Å². The van der Waals surface area contributed by atoms with E-state index in [0.717, 1.165) is 11.5 Å². The van der Waals surface area contributed by atoms with Gasteiger partial charge in [-0.2, -0.15) is 5.10 Å². The molecular formula is C12H15N5. The Hall–Kier alpha value is -1.91. The van der Waals surface area contributed by atoms with Crippen molar-refractivity contribution < 1.29 is 0 Å². The van der Waals surface area contributed by atoms with E-state index in [1.165, 1.54) is 32.0 Å². The van der Waals surface area contributed by atoms with Gasteiger partial charge < -0.3 is 5.32 Å². The van der Waals surface area contributed by atoms with E-state index < -0.39 is 0 Å². The molecule has 1 aliphatic rings. The van der Waals surface area contributed by atoms with E-state index in [2.05, 4.69) is 20.4 Å². The van der Waals surface area contributed by atoms with Crippen LogP contribution in [-0.2, 0) is 0 Å². The summed E-state index contributed by atoms with van der Waals surface area (Å²) < 4.78 is 1.69. The van der Waals surface area contributed by atoms with E-state index in [1.807, 2.05) is 12.1 Å². The molecular weight excluding hydrogens is 214 g/mol. The zero-order valence-electron chi connectivity index (χ0n) is 9.58. The van der Waals surface area contributed by atoms with Gasteiger partial charge in [0.05, 0.1) is 5.69 Å². The molecule has 17 heavy (non-hydrogen) atoms. The van der Waals surface area contributed by atoms with E-state index in [9.17, 15) is 0 Å². The fourth-order valence-electron chi connectivity index (χ4n) is 2.30. The van der Waals surface area contributed by atoms with Crippen LogP contribution < -0.4 is 5.32 Å². The van der Waals surface area contributed by atoms with Crippen LogP contribution in [-0.4, -0.2) is 25.8 Å². The van der Waals surface area contributed by atoms with Gasteiger partial charge in [0.25, 0.3) is 0 Å². The molecule has 1 fully saturated rings. The Bertz CT molecular complexity index is 473. The van der Waals surface area contributed by atoms with Crippen molar-refractivity contribution in [1.29, 1.82) is 0 Å². The highest BCUT2D eigenvalue weighted by atomic mass is 15.3. The molecule has 2 heterocycles. The second-order valence-electron chi connectivity index (χ2n) is 4.34. The zero-order valence-corrected chi connectivity index (χ0v) is 9.58. The van der Waals surface area contributed by atoms with E-state index in [4.69, 9.17) is 0 Å². The van der Waals surface area contributed by atoms with Gasteiger partial charge >= 0.3 is 0 Å². The number of hydrogen-bond acceptors (Lipinski definition) is 4. The van der Waals surface area contributed by atoms with Gasteiger partial charge in [0.2, 0.25) is 0 Å². The predicted octanol–water partition coefficient (Wildman–Crippen LogP) is 2.02. The van der Waals surface area contributed by atoms with E-state index in [-0.39, 0.29) is 0 Å². The highest BCUT2D eigenvalue weighted by Gasteiger charge is 2.16. The molecule has 2 aromatic heterocycles. The lowest BCUT2D eigenvalue weighted by atomic mass is 10.2. The molecule has 0 saturated heterocycles. The summed E-state index contributed by atoms with van der Waals surface area (Å²) in [7, 11) is 0. The number of anilines is 1. The van der Waals surface area contributed by atoms with Crippen LogP contribution in [0, 0.1) is 0 Å². The van der Waals surface area contributed by atoms with Crippen LogP contribution in [0.2, 0.25) is 0 Å². The van der Waals surface area contributed by atoms with Crippen LogP contribution in [0.25, 0.3) is 5.82 Å². The van der Waals surface area contributed by atoms with E-state index in [0.29, 0.717) is 6.04 Å². The van der Waals surface area contributed by atoms with Crippen LogP contribution >= 0.6 is 0 Å². The van der Waals surface area contributed by atoms with Crippen LogP contribution in [0.1, 0.15) is 25.7 Å². The Kier molecular flexibility index (Phi) is 2.73. The Morgan fingerprint density at radius 3 is 2.94 bits per heavy atom. The molecule has 0 amide bonds. The second-order valence-corrected chi connectivity index (χ2v) is 4.34. The summed E-state index contributed by atoms with van der Waals surface area (Å²) in [4.78, 5) is 8.32. The lowest BCUT2D eigenvalue weighted by molar-refractivity contribution is 0.748. The van der Waals surface area contributed by atoms with Crippen molar-refractivity contribution in [2.24, 2.45) is 0 Å². The Morgan fingerprint density at radius 1 is 1.29 bits per heavy atom. The molecule has 2 aromatic rings. The summed E-state index contributed by atoms with van der Waals surface area (Å²) >= 11 is 0. The van der Waals surface area contributed by atoms with E-state index in [1.54, 1.807) is 17.2 Å². The average Bonchev–Trinajstić information content (AvgIpc) is 3.01. The molecule has 3 rings (SSSR count). The van der Waals surface area contributed by atoms with Gasteiger partial charge in [-0.25, -0.2) is 14.6 Å². The maximum absolute atomic E-state index is 4.36. The zero-order chi connectivity index (χ0) is 11.5. The number of nitrogens with one attached hydrogen (secondary N) is 1. The highest BCUT2D eigenvalue weighted by molar-refractivity contribution is 5.56. The summed E-state index contributed by atoms with van der Waals surface area (Å²) in [6, 6.07) is 4.56. The van der Waals surface area contributed by atoms with Crippen molar-refractivity contribution in [2.75, 3.05) is 5.32 Å². The molecule has 0 atom stereocenters. The summed E-state index contributed by atoms with van der Waals surface area (Å²) in [5.74, 6) is 0.817. The van der Waals surface area contributed by atoms with Crippen LogP contribution in [0.3, 0.4) is 0 Å². The van der Waals surface area contributed by atoms with Gasteiger partial charge in [0.15, 0.2) is 5.82 Å². The summed E-state index contributed by atoms with van der Waals surface area (Å²) in [5, 5.41) is 7.67. The second kappa shape index (κ2) is 4.53. The molecule has 0 spiro atoms. The molecule has 0 bridgehead atoms. The molecule has 1 saturated carbocycles. The number of rotatable bonds is 3. The summed E-state index contributed by atoms with van der Waals surface area (Å²) in [6.07, 6.45) is 10.1. The predicted molar refractivity (Wildman–Crippen MR) is 65.0 cm³/mol. The first-order chi connectivity index (χ1) is 8.43. The number of nitrogens with zero attached hydrogens (tertiary/aromatic N) is 4. The number of pyridine rings is 1. The third-order valence-corrected chi connectivity index (χ3v) is 3.14. The molecule has 88 valence electrons. The van der Waals surface area contributed by atoms with Crippen molar-refractivity contribution in [2.45, 2.75) is 31.7 Å². The Balaban J connectivity index is 1.88. The maximum Gasteiger partial charge on any atom is 0.178 e. The first-order valence-electron chi connectivity index (χ1n) is 6.00. The van der Waals surface area contributed by atoms with Crippen LogP contribution in [0.5, 0.6) is 0 Å². The largest absolute Gasteiger partial charge is 0.379 e. The molecule has 1 aliphatic carbocycles. The van der Waals surface area contributed by atoms with Crippen molar-refractivity contribution in [3.8, 4) is 5.82 Å². The Labute approximate surface area is 99.9 Å². The van der Waals surface area contributed by atoms with Gasteiger partial charge in [0, 0.05) is 12.2 Å². The average molecular weight is 229 g/mol. The van der Waals surface area contributed by atoms with Crippen LogP contribution in [0.15, 0.2) is 31.0 Å². The first kappa shape index (κ1) is 10.3. The molecule has 0 aromatic carbocycles. The third-order valence-electron chi connectivity index (χ3n) is 3.14. The minimum absolute atomic E-state index is 0.571. The number of aromatic nitrogens is 4. The topological polar surface area (TPSA) is 55.6 Å². The Morgan fingerprint density at radius 2 is 2.18 bits per heavy atom. The van der Waals surface area contributed by atoms with Crippen molar-refractivity contribution in [3.05, 3.63) is 31.0 Å². The monoisotopic (exact) mass is 229 g/mol.